The Balaban J connectivity index is 2.02. The van der Waals surface area contributed by atoms with E-state index in [2.05, 4.69) is 15.5 Å². The molecule has 1 fully saturated rings. The van der Waals surface area contributed by atoms with E-state index in [1.54, 1.807) is 23.6 Å². The number of likely N-dealkylation sites (N-methyl/N-ethyl adjacent to an activating group) is 1. The van der Waals surface area contributed by atoms with E-state index in [-0.39, 0.29) is 0 Å². The summed E-state index contributed by atoms with van der Waals surface area (Å²) in [6.07, 6.45) is 2.21. The molecule has 16 heavy (non-hydrogen) atoms. The Labute approximate surface area is 93.0 Å². The fourth-order valence-corrected chi connectivity index (χ4v) is 1.47. The number of aromatic nitrogens is 4. The van der Waals surface area contributed by atoms with Crippen LogP contribution in [0.5, 0.6) is 0 Å². The Morgan fingerprint density at radius 3 is 2.94 bits per heavy atom. The van der Waals surface area contributed by atoms with Crippen LogP contribution < -0.4 is 0 Å². The van der Waals surface area contributed by atoms with Gasteiger partial charge in [-0.1, -0.05) is 0 Å². The topological polar surface area (TPSA) is 84.1 Å². The highest BCUT2D eigenvalue weighted by Crippen LogP contribution is 2.34. The number of tetrazole rings is 1. The zero-order chi connectivity index (χ0) is 11.7. The van der Waals surface area contributed by atoms with Crippen molar-refractivity contribution in [2.24, 2.45) is 0 Å². The molecular weight excluding hydrogens is 210 g/mol. The monoisotopic (exact) mass is 225 g/mol. The van der Waals surface area contributed by atoms with Gasteiger partial charge in [0.05, 0.1) is 12.6 Å². The lowest BCUT2D eigenvalue weighted by molar-refractivity contribution is -0.142. The molecule has 7 heteroatoms. The Kier molecular flexibility index (Phi) is 2.86. The molecule has 1 unspecified atom stereocenters. The van der Waals surface area contributed by atoms with E-state index in [0.29, 0.717) is 12.6 Å². The number of aliphatic carboxylic acids is 1. The molecule has 0 saturated heterocycles. The van der Waals surface area contributed by atoms with Crippen molar-refractivity contribution in [3.8, 4) is 0 Å². The molecule has 1 saturated carbocycles. The first-order chi connectivity index (χ1) is 7.59. The number of carboxylic acids is 1. The maximum atomic E-state index is 10.8. The van der Waals surface area contributed by atoms with Gasteiger partial charge in [-0.15, -0.1) is 5.10 Å². The van der Waals surface area contributed by atoms with Gasteiger partial charge in [-0.3, -0.25) is 9.69 Å². The van der Waals surface area contributed by atoms with Crippen molar-refractivity contribution in [2.75, 3.05) is 7.05 Å². The third-order valence-electron chi connectivity index (χ3n) is 2.86. The van der Waals surface area contributed by atoms with Gasteiger partial charge in [-0.25, -0.2) is 4.68 Å². The number of nitrogens with zero attached hydrogens (tertiary/aromatic N) is 5. The zero-order valence-corrected chi connectivity index (χ0v) is 9.37. The standard InChI is InChI=1S/C9H15N5O2/c1-6(9(15)16)13(2)5-8-10-11-12-14(8)7-3-4-7/h6-7H,3-5H2,1-2H3,(H,15,16). The summed E-state index contributed by atoms with van der Waals surface area (Å²) in [5.74, 6) is -0.106. The lowest BCUT2D eigenvalue weighted by Crippen LogP contribution is -2.36. The third-order valence-corrected chi connectivity index (χ3v) is 2.86. The molecule has 1 aliphatic rings. The lowest BCUT2D eigenvalue weighted by atomic mass is 10.3. The summed E-state index contributed by atoms with van der Waals surface area (Å²) < 4.78 is 1.80. The second-order valence-corrected chi connectivity index (χ2v) is 4.20. The first-order valence-electron chi connectivity index (χ1n) is 5.29. The molecule has 1 aliphatic carbocycles. The van der Waals surface area contributed by atoms with E-state index in [0.717, 1.165) is 18.7 Å². The average Bonchev–Trinajstić information content (AvgIpc) is 2.99. The van der Waals surface area contributed by atoms with E-state index >= 15 is 0 Å². The molecule has 0 aliphatic heterocycles. The van der Waals surface area contributed by atoms with Crippen molar-refractivity contribution >= 4 is 5.97 Å². The quantitative estimate of drug-likeness (QED) is 0.754. The zero-order valence-electron chi connectivity index (χ0n) is 9.37. The molecule has 88 valence electrons. The minimum Gasteiger partial charge on any atom is -0.480 e. The van der Waals surface area contributed by atoms with Gasteiger partial charge < -0.3 is 5.11 Å². The van der Waals surface area contributed by atoms with E-state index in [1.165, 1.54) is 0 Å². The molecule has 0 bridgehead atoms. The van der Waals surface area contributed by atoms with Gasteiger partial charge in [0.25, 0.3) is 0 Å². The number of rotatable bonds is 5. The molecule has 0 aromatic carbocycles. The van der Waals surface area contributed by atoms with Crippen LogP contribution in [0.4, 0.5) is 0 Å². The summed E-state index contributed by atoms with van der Waals surface area (Å²) in [6.45, 7) is 2.10. The van der Waals surface area contributed by atoms with Gasteiger partial charge in [0, 0.05) is 0 Å². The third kappa shape index (κ3) is 2.19. The first-order valence-corrected chi connectivity index (χ1v) is 5.29. The second-order valence-electron chi connectivity index (χ2n) is 4.20. The summed E-state index contributed by atoms with van der Waals surface area (Å²) in [5, 5.41) is 20.3. The lowest BCUT2D eigenvalue weighted by Gasteiger charge is -2.20. The van der Waals surface area contributed by atoms with Crippen LogP contribution in [-0.2, 0) is 11.3 Å². The predicted molar refractivity (Wildman–Crippen MR) is 54.7 cm³/mol. The van der Waals surface area contributed by atoms with Gasteiger partial charge in [-0.05, 0) is 37.2 Å². The van der Waals surface area contributed by atoms with Gasteiger partial charge in [0.2, 0.25) is 0 Å². The number of hydrogen-bond acceptors (Lipinski definition) is 5. The highest BCUT2D eigenvalue weighted by Gasteiger charge is 2.28. The molecule has 0 radical (unpaired) electrons. The van der Waals surface area contributed by atoms with Crippen LogP contribution in [-0.4, -0.2) is 49.3 Å². The van der Waals surface area contributed by atoms with Crippen molar-refractivity contribution in [2.45, 2.75) is 38.4 Å². The van der Waals surface area contributed by atoms with Crippen molar-refractivity contribution in [1.82, 2.24) is 25.1 Å². The summed E-state index contributed by atoms with van der Waals surface area (Å²) in [7, 11) is 1.75. The highest BCUT2D eigenvalue weighted by molar-refractivity contribution is 5.72. The summed E-state index contributed by atoms with van der Waals surface area (Å²) in [5.41, 5.74) is 0. The van der Waals surface area contributed by atoms with Crippen LogP contribution in [0.2, 0.25) is 0 Å². The number of hydrogen-bond donors (Lipinski definition) is 1. The molecule has 1 aromatic rings. The minimum atomic E-state index is -0.840. The Bertz CT molecular complexity index is 387. The number of carboxylic acid groups (broad SMARTS) is 1. The van der Waals surface area contributed by atoms with E-state index < -0.39 is 12.0 Å². The molecule has 7 nitrogen and oxygen atoms in total. The summed E-state index contributed by atoms with van der Waals surface area (Å²) >= 11 is 0. The summed E-state index contributed by atoms with van der Waals surface area (Å²) in [4.78, 5) is 12.5. The molecule has 0 amide bonds. The fourth-order valence-electron chi connectivity index (χ4n) is 1.47. The van der Waals surface area contributed by atoms with E-state index in [4.69, 9.17) is 5.11 Å². The maximum Gasteiger partial charge on any atom is 0.320 e. The SMILES string of the molecule is CC(C(=O)O)N(C)Cc1nnnn1C1CC1. The molecule has 1 heterocycles. The van der Waals surface area contributed by atoms with Crippen molar-refractivity contribution < 1.29 is 9.90 Å². The first kappa shape index (κ1) is 11.0. The largest absolute Gasteiger partial charge is 0.480 e. The Hall–Kier alpha value is -1.50. The predicted octanol–water partition coefficient (Wildman–Crippen LogP) is -0.0871. The van der Waals surface area contributed by atoms with E-state index in [9.17, 15) is 4.79 Å². The van der Waals surface area contributed by atoms with Gasteiger partial charge in [0.1, 0.15) is 6.04 Å². The molecule has 2 rings (SSSR count). The molecule has 1 N–H and O–H groups in total. The normalized spacial score (nSPS) is 17.7. The number of carbonyl (C=O) groups is 1. The molecule has 1 atom stereocenters. The molecule has 1 aromatic heterocycles. The Morgan fingerprint density at radius 2 is 2.38 bits per heavy atom. The van der Waals surface area contributed by atoms with Crippen LogP contribution in [0.25, 0.3) is 0 Å². The van der Waals surface area contributed by atoms with Gasteiger partial charge >= 0.3 is 5.97 Å². The van der Waals surface area contributed by atoms with Gasteiger partial charge in [-0.2, -0.15) is 0 Å². The van der Waals surface area contributed by atoms with E-state index in [1.807, 2.05) is 0 Å². The van der Waals surface area contributed by atoms with Crippen LogP contribution >= 0.6 is 0 Å². The van der Waals surface area contributed by atoms with Crippen molar-refractivity contribution in [1.29, 1.82) is 0 Å². The second kappa shape index (κ2) is 4.17. The minimum absolute atomic E-state index is 0.415. The van der Waals surface area contributed by atoms with Crippen molar-refractivity contribution in [3.63, 3.8) is 0 Å². The fraction of sp³-hybridized carbons (Fsp3) is 0.778. The average molecular weight is 225 g/mol. The van der Waals surface area contributed by atoms with Crippen molar-refractivity contribution in [3.05, 3.63) is 5.82 Å². The summed E-state index contributed by atoms with van der Waals surface area (Å²) in [6, 6.07) is -0.122. The smallest absolute Gasteiger partial charge is 0.320 e. The van der Waals surface area contributed by atoms with Crippen LogP contribution in [0.1, 0.15) is 31.6 Å². The molecular formula is C9H15N5O2. The van der Waals surface area contributed by atoms with Gasteiger partial charge in [0.15, 0.2) is 5.82 Å². The molecule has 0 spiro atoms. The Morgan fingerprint density at radius 1 is 1.69 bits per heavy atom. The van der Waals surface area contributed by atoms with Crippen LogP contribution in [0.15, 0.2) is 0 Å². The maximum absolute atomic E-state index is 10.8. The van der Waals surface area contributed by atoms with Crippen LogP contribution in [0.3, 0.4) is 0 Å². The van der Waals surface area contributed by atoms with Crippen LogP contribution in [0, 0.1) is 0 Å². The highest BCUT2D eigenvalue weighted by atomic mass is 16.4.